The fourth-order valence-corrected chi connectivity index (χ4v) is 3.25. The van der Waals surface area contributed by atoms with Crippen LogP contribution in [0.2, 0.25) is 5.02 Å². The maximum Gasteiger partial charge on any atom is 0.148 e. The van der Waals surface area contributed by atoms with E-state index >= 15 is 0 Å². The second kappa shape index (κ2) is 6.89. The van der Waals surface area contributed by atoms with E-state index in [0.717, 1.165) is 5.56 Å². The monoisotopic (exact) mass is 422 g/mol. The van der Waals surface area contributed by atoms with Crippen LogP contribution in [0.1, 0.15) is 11.1 Å². The van der Waals surface area contributed by atoms with Crippen molar-refractivity contribution in [1.29, 1.82) is 0 Å². The normalized spacial score (nSPS) is 10.7. The molecule has 0 fully saturated rings. The highest BCUT2D eigenvalue weighted by Crippen LogP contribution is 2.35. The van der Waals surface area contributed by atoms with E-state index in [1.165, 1.54) is 12.1 Å². The molecule has 106 valence electrons. The lowest BCUT2D eigenvalue weighted by Crippen LogP contribution is -1.98. The molecule has 2 nitrogen and oxygen atoms in total. The van der Waals surface area contributed by atoms with Crippen molar-refractivity contribution >= 4 is 43.5 Å². The Morgan fingerprint density at radius 2 is 1.75 bits per heavy atom. The van der Waals surface area contributed by atoms with Crippen molar-refractivity contribution in [1.82, 2.24) is 0 Å². The summed E-state index contributed by atoms with van der Waals surface area (Å²) in [5.41, 5.74) is 1.44. The van der Waals surface area contributed by atoms with Crippen LogP contribution in [0.25, 0.3) is 0 Å². The number of aliphatic hydroxyl groups is 1. The first-order valence-corrected chi connectivity index (χ1v) is 7.63. The third kappa shape index (κ3) is 3.73. The molecule has 0 atom stereocenters. The molecule has 0 aliphatic carbocycles. The Morgan fingerprint density at radius 1 is 1.10 bits per heavy atom. The Kier molecular flexibility index (Phi) is 5.43. The van der Waals surface area contributed by atoms with Crippen LogP contribution in [-0.2, 0) is 13.2 Å². The van der Waals surface area contributed by atoms with Gasteiger partial charge in [0.2, 0.25) is 0 Å². The Balaban J connectivity index is 2.16. The number of rotatable bonds is 4. The van der Waals surface area contributed by atoms with Crippen LogP contribution < -0.4 is 4.74 Å². The predicted octanol–water partition coefficient (Wildman–Crippen LogP) is 5.08. The second-order valence-electron chi connectivity index (χ2n) is 4.08. The first-order chi connectivity index (χ1) is 9.51. The third-order valence-corrected chi connectivity index (χ3v) is 4.09. The largest absolute Gasteiger partial charge is 0.487 e. The summed E-state index contributed by atoms with van der Waals surface area (Å²) in [6, 6.07) is 8.07. The van der Waals surface area contributed by atoms with Crippen molar-refractivity contribution in [3.8, 4) is 5.75 Å². The molecule has 0 aliphatic heterocycles. The molecule has 0 saturated heterocycles. The lowest BCUT2D eigenvalue weighted by atomic mass is 10.2. The number of ether oxygens (including phenoxy) is 1. The average Bonchev–Trinajstić information content (AvgIpc) is 2.41. The van der Waals surface area contributed by atoms with Crippen LogP contribution in [-0.4, -0.2) is 5.11 Å². The average molecular weight is 424 g/mol. The molecule has 0 aliphatic rings. The molecule has 20 heavy (non-hydrogen) atoms. The third-order valence-electron chi connectivity index (χ3n) is 2.61. The van der Waals surface area contributed by atoms with Gasteiger partial charge in [0.1, 0.15) is 18.2 Å². The van der Waals surface area contributed by atoms with E-state index in [2.05, 4.69) is 31.9 Å². The van der Waals surface area contributed by atoms with E-state index in [-0.39, 0.29) is 18.2 Å². The van der Waals surface area contributed by atoms with Crippen LogP contribution in [0.4, 0.5) is 4.39 Å². The van der Waals surface area contributed by atoms with Gasteiger partial charge in [-0.3, -0.25) is 0 Å². The molecule has 0 amide bonds. The Hall–Kier alpha value is -0.620. The summed E-state index contributed by atoms with van der Waals surface area (Å²) in [5, 5.41) is 9.19. The molecule has 2 aromatic rings. The van der Waals surface area contributed by atoms with Crippen molar-refractivity contribution in [2.45, 2.75) is 13.2 Å². The van der Waals surface area contributed by atoms with E-state index in [1.54, 1.807) is 18.2 Å². The van der Waals surface area contributed by atoms with E-state index < -0.39 is 5.82 Å². The van der Waals surface area contributed by atoms with Crippen LogP contribution >= 0.6 is 43.5 Å². The summed E-state index contributed by atoms with van der Waals surface area (Å²) in [6.45, 7) is 0.156. The quantitative estimate of drug-likeness (QED) is 0.742. The molecule has 0 radical (unpaired) electrons. The Bertz CT molecular complexity index is 612. The number of hydrogen-bond donors (Lipinski definition) is 1. The number of aliphatic hydroxyl groups excluding tert-OH is 1. The minimum absolute atomic E-state index is 0.0557. The Labute approximate surface area is 137 Å². The lowest BCUT2D eigenvalue weighted by Gasteiger charge is -2.12. The summed E-state index contributed by atoms with van der Waals surface area (Å²) in [7, 11) is 0. The molecule has 6 heteroatoms. The summed E-state index contributed by atoms with van der Waals surface area (Å²) in [6.07, 6.45) is 0. The maximum atomic E-state index is 13.3. The Morgan fingerprint density at radius 3 is 2.30 bits per heavy atom. The van der Waals surface area contributed by atoms with E-state index in [0.29, 0.717) is 20.3 Å². The zero-order valence-corrected chi connectivity index (χ0v) is 14.1. The van der Waals surface area contributed by atoms with Crippen molar-refractivity contribution < 1.29 is 14.2 Å². The van der Waals surface area contributed by atoms with Gasteiger partial charge >= 0.3 is 0 Å². The van der Waals surface area contributed by atoms with Crippen LogP contribution in [0.5, 0.6) is 5.75 Å². The van der Waals surface area contributed by atoms with Gasteiger partial charge in [0.25, 0.3) is 0 Å². The molecule has 0 heterocycles. The van der Waals surface area contributed by atoms with Gasteiger partial charge in [0.15, 0.2) is 0 Å². The molecule has 2 aromatic carbocycles. The lowest BCUT2D eigenvalue weighted by molar-refractivity contribution is 0.280. The topological polar surface area (TPSA) is 29.5 Å². The summed E-state index contributed by atoms with van der Waals surface area (Å²) < 4.78 is 20.4. The molecule has 0 aromatic heterocycles. The van der Waals surface area contributed by atoms with Gasteiger partial charge in [-0.05, 0) is 67.3 Å². The molecule has 0 unspecified atom stereocenters. The molecule has 0 spiro atoms. The van der Waals surface area contributed by atoms with Crippen LogP contribution in [0.15, 0.2) is 39.3 Å². The SMILES string of the molecule is OCc1cc(Br)c(OCc2ccc(Cl)c(F)c2)c(Br)c1. The maximum absolute atomic E-state index is 13.3. The summed E-state index contributed by atoms with van der Waals surface area (Å²) in [5.74, 6) is 0.124. The second-order valence-corrected chi connectivity index (χ2v) is 6.20. The van der Waals surface area contributed by atoms with Gasteiger partial charge in [0.05, 0.1) is 20.6 Å². The number of halogens is 4. The zero-order valence-electron chi connectivity index (χ0n) is 10.2. The highest BCUT2D eigenvalue weighted by molar-refractivity contribution is 9.11. The van der Waals surface area contributed by atoms with E-state index in [9.17, 15) is 4.39 Å². The first kappa shape index (κ1) is 15.8. The van der Waals surface area contributed by atoms with Crippen LogP contribution in [0.3, 0.4) is 0 Å². The highest BCUT2D eigenvalue weighted by Gasteiger charge is 2.10. The zero-order chi connectivity index (χ0) is 14.7. The van der Waals surface area contributed by atoms with Gasteiger partial charge in [-0.15, -0.1) is 0 Å². The van der Waals surface area contributed by atoms with E-state index in [4.69, 9.17) is 21.4 Å². The molecule has 2 rings (SSSR count). The van der Waals surface area contributed by atoms with Crippen molar-refractivity contribution in [2.24, 2.45) is 0 Å². The molecule has 0 saturated carbocycles. The minimum Gasteiger partial charge on any atom is -0.487 e. The molecular formula is C14H10Br2ClFO2. The number of benzene rings is 2. The van der Waals surface area contributed by atoms with Crippen molar-refractivity contribution in [3.63, 3.8) is 0 Å². The van der Waals surface area contributed by atoms with Gasteiger partial charge in [-0.2, -0.15) is 0 Å². The standard InChI is InChI=1S/C14H10Br2ClFO2/c15-10-3-9(6-19)4-11(16)14(10)20-7-8-1-2-12(17)13(18)5-8/h1-5,19H,6-7H2. The molecular weight excluding hydrogens is 414 g/mol. The molecule has 1 N–H and O–H groups in total. The van der Waals surface area contributed by atoms with Gasteiger partial charge < -0.3 is 9.84 Å². The molecule has 0 bridgehead atoms. The first-order valence-electron chi connectivity index (χ1n) is 5.66. The van der Waals surface area contributed by atoms with Crippen molar-refractivity contribution in [2.75, 3.05) is 0 Å². The fraction of sp³-hybridized carbons (Fsp3) is 0.143. The number of hydrogen-bond acceptors (Lipinski definition) is 2. The van der Waals surface area contributed by atoms with Gasteiger partial charge in [0, 0.05) is 0 Å². The predicted molar refractivity (Wildman–Crippen MR) is 83.5 cm³/mol. The van der Waals surface area contributed by atoms with Crippen molar-refractivity contribution in [3.05, 3.63) is 61.2 Å². The summed E-state index contributed by atoms with van der Waals surface area (Å²) >= 11 is 12.4. The van der Waals surface area contributed by atoms with Gasteiger partial charge in [-0.1, -0.05) is 17.7 Å². The van der Waals surface area contributed by atoms with Crippen LogP contribution in [0, 0.1) is 5.82 Å². The van der Waals surface area contributed by atoms with E-state index in [1.807, 2.05) is 0 Å². The summed E-state index contributed by atoms with van der Waals surface area (Å²) in [4.78, 5) is 0. The minimum atomic E-state index is -0.471. The fourth-order valence-electron chi connectivity index (χ4n) is 1.63. The van der Waals surface area contributed by atoms with Gasteiger partial charge in [-0.25, -0.2) is 4.39 Å². The highest BCUT2D eigenvalue weighted by atomic mass is 79.9. The smallest absolute Gasteiger partial charge is 0.148 e.